The highest BCUT2D eigenvalue weighted by Crippen LogP contribution is 2.72. The molecular formula is C23H28N2O2. The maximum absolute atomic E-state index is 14.0. The molecule has 1 unspecified atom stereocenters. The lowest BCUT2D eigenvalue weighted by Crippen LogP contribution is -2.43. The molecule has 2 fully saturated rings. The number of nitrogens with zero attached hydrogens (tertiary/aromatic N) is 2. The fraction of sp³-hybridized carbons (Fsp3) is 0.478. The predicted molar refractivity (Wildman–Crippen MR) is 105 cm³/mol. The SMILES string of the molecule is COCCN(Cc1ccncc1)C(=O)C1(c2ccccc2)CC12CCCC2. The van der Waals surface area contributed by atoms with Crippen LogP contribution in [0.3, 0.4) is 0 Å². The maximum atomic E-state index is 14.0. The van der Waals surface area contributed by atoms with Crippen molar-refractivity contribution in [2.24, 2.45) is 5.41 Å². The third kappa shape index (κ3) is 3.16. The first-order chi connectivity index (χ1) is 13.2. The van der Waals surface area contributed by atoms with Gasteiger partial charge in [-0.3, -0.25) is 9.78 Å². The minimum absolute atomic E-state index is 0.162. The Morgan fingerprint density at radius 1 is 1.11 bits per heavy atom. The number of carbonyl (C=O) groups excluding carboxylic acids is 1. The zero-order valence-corrected chi connectivity index (χ0v) is 16.1. The van der Waals surface area contributed by atoms with E-state index >= 15 is 0 Å². The quantitative estimate of drug-likeness (QED) is 0.747. The molecule has 1 heterocycles. The highest BCUT2D eigenvalue weighted by atomic mass is 16.5. The van der Waals surface area contributed by atoms with E-state index in [2.05, 4.69) is 29.2 Å². The molecule has 1 aromatic heterocycles. The summed E-state index contributed by atoms with van der Waals surface area (Å²) in [6.45, 7) is 1.77. The number of aromatic nitrogens is 1. The molecule has 0 aliphatic heterocycles. The molecule has 2 aliphatic rings. The second-order valence-electron chi connectivity index (χ2n) is 8.01. The number of ether oxygens (including phenoxy) is 1. The van der Waals surface area contributed by atoms with Gasteiger partial charge in [0.05, 0.1) is 12.0 Å². The highest BCUT2D eigenvalue weighted by Gasteiger charge is 2.72. The monoisotopic (exact) mass is 364 g/mol. The van der Waals surface area contributed by atoms with Gasteiger partial charge in [-0.1, -0.05) is 43.2 Å². The zero-order chi connectivity index (χ0) is 18.7. The first kappa shape index (κ1) is 18.2. The molecule has 4 nitrogen and oxygen atoms in total. The lowest BCUT2D eigenvalue weighted by atomic mass is 9.83. The van der Waals surface area contributed by atoms with Crippen molar-refractivity contribution in [2.75, 3.05) is 20.3 Å². The van der Waals surface area contributed by atoms with Gasteiger partial charge >= 0.3 is 0 Å². The topological polar surface area (TPSA) is 42.4 Å². The summed E-state index contributed by atoms with van der Waals surface area (Å²) in [4.78, 5) is 20.1. The average Bonchev–Trinajstić information content (AvgIpc) is 3.13. The Morgan fingerprint density at radius 2 is 1.81 bits per heavy atom. The molecule has 2 saturated carbocycles. The first-order valence-electron chi connectivity index (χ1n) is 9.95. The van der Waals surface area contributed by atoms with Crippen LogP contribution < -0.4 is 0 Å². The van der Waals surface area contributed by atoms with E-state index in [0.717, 1.165) is 12.0 Å². The number of rotatable bonds is 7. The summed E-state index contributed by atoms with van der Waals surface area (Å²) in [5.74, 6) is 0.268. The van der Waals surface area contributed by atoms with E-state index in [0.29, 0.717) is 19.7 Å². The molecule has 2 aliphatic carbocycles. The summed E-state index contributed by atoms with van der Waals surface area (Å²) in [5, 5.41) is 0. The largest absolute Gasteiger partial charge is 0.383 e. The minimum atomic E-state index is -0.356. The van der Waals surface area contributed by atoms with Gasteiger partial charge in [0.2, 0.25) is 5.91 Å². The molecule has 4 rings (SSSR count). The predicted octanol–water partition coefficient (Wildman–Crippen LogP) is 3.96. The molecule has 0 N–H and O–H groups in total. The summed E-state index contributed by atoms with van der Waals surface area (Å²) < 4.78 is 5.31. The minimum Gasteiger partial charge on any atom is -0.383 e. The van der Waals surface area contributed by atoms with Crippen molar-refractivity contribution < 1.29 is 9.53 Å². The highest BCUT2D eigenvalue weighted by molar-refractivity contribution is 5.93. The van der Waals surface area contributed by atoms with Gasteiger partial charge in [-0.25, -0.2) is 0 Å². The summed E-state index contributed by atoms with van der Waals surface area (Å²) >= 11 is 0. The van der Waals surface area contributed by atoms with Gasteiger partial charge in [-0.15, -0.1) is 0 Å². The Balaban J connectivity index is 1.66. The molecule has 1 atom stereocenters. The number of amides is 1. The molecular weight excluding hydrogens is 336 g/mol. The Kier molecular flexibility index (Phi) is 5.00. The zero-order valence-electron chi connectivity index (χ0n) is 16.1. The van der Waals surface area contributed by atoms with Crippen LogP contribution in [0, 0.1) is 5.41 Å². The Hall–Kier alpha value is -2.20. The van der Waals surface area contributed by atoms with Crippen LogP contribution in [0.25, 0.3) is 0 Å². The molecule has 1 amide bonds. The fourth-order valence-corrected chi connectivity index (χ4v) is 5.11. The van der Waals surface area contributed by atoms with Crippen LogP contribution in [-0.2, 0) is 21.5 Å². The van der Waals surface area contributed by atoms with Gasteiger partial charge in [0.25, 0.3) is 0 Å². The van der Waals surface area contributed by atoms with Crippen LogP contribution in [0.2, 0.25) is 0 Å². The van der Waals surface area contributed by atoms with E-state index in [1.165, 1.54) is 31.2 Å². The van der Waals surface area contributed by atoms with E-state index in [4.69, 9.17) is 4.74 Å². The summed E-state index contributed by atoms with van der Waals surface area (Å²) in [5.41, 5.74) is 2.11. The van der Waals surface area contributed by atoms with Gasteiger partial charge in [0.1, 0.15) is 0 Å². The third-order valence-corrected chi connectivity index (χ3v) is 6.55. The molecule has 0 radical (unpaired) electrons. The van der Waals surface area contributed by atoms with Gasteiger partial charge < -0.3 is 9.64 Å². The van der Waals surface area contributed by atoms with E-state index in [9.17, 15) is 4.79 Å². The van der Waals surface area contributed by atoms with Gasteiger partial charge in [-0.05, 0) is 47.9 Å². The van der Waals surface area contributed by atoms with Crippen molar-refractivity contribution in [3.63, 3.8) is 0 Å². The number of hydrogen-bond donors (Lipinski definition) is 0. The summed E-state index contributed by atoms with van der Waals surface area (Å²) in [6.07, 6.45) is 9.38. The molecule has 0 saturated heterocycles. The molecule has 2 aromatic rings. The standard InChI is InChI=1S/C23H28N2O2/c1-27-16-15-25(17-19-9-13-24-14-10-19)21(26)23(20-7-3-2-4-8-20)18-22(23)11-5-6-12-22/h2-4,7-10,13-14H,5-6,11-12,15-18H2,1H3. The van der Waals surface area contributed by atoms with Crippen LogP contribution >= 0.6 is 0 Å². The molecule has 142 valence electrons. The van der Waals surface area contributed by atoms with Crippen molar-refractivity contribution in [3.05, 3.63) is 66.0 Å². The molecule has 1 aromatic carbocycles. The Bertz CT molecular complexity index is 771. The van der Waals surface area contributed by atoms with Crippen LogP contribution in [0.15, 0.2) is 54.9 Å². The van der Waals surface area contributed by atoms with Crippen LogP contribution in [-0.4, -0.2) is 36.1 Å². The van der Waals surface area contributed by atoms with Crippen LogP contribution in [0.5, 0.6) is 0 Å². The lowest BCUT2D eigenvalue weighted by Gasteiger charge is -2.31. The van der Waals surface area contributed by atoms with Crippen molar-refractivity contribution >= 4 is 5.91 Å². The van der Waals surface area contributed by atoms with E-state index in [-0.39, 0.29) is 16.7 Å². The lowest BCUT2D eigenvalue weighted by molar-refractivity contribution is -0.136. The van der Waals surface area contributed by atoms with Crippen molar-refractivity contribution in [3.8, 4) is 0 Å². The number of hydrogen-bond acceptors (Lipinski definition) is 3. The maximum Gasteiger partial charge on any atom is 0.234 e. The third-order valence-electron chi connectivity index (χ3n) is 6.55. The molecule has 0 bridgehead atoms. The fourth-order valence-electron chi connectivity index (χ4n) is 5.11. The second kappa shape index (κ2) is 7.43. The number of methoxy groups -OCH3 is 1. The van der Waals surface area contributed by atoms with Crippen molar-refractivity contribution in [2.45, 2.75) is 44.1 Å². The number of benzene rings is 1. The summed E-state index contributed by atoms with van der Waals surface area (Å²) in [6, 6.07) is 14.4. The number of carbonyl (C=O) groups is 1. The van der Waals surface area contributed by atoms with Crippen molar-refractivity contribution in [1.29, 1.82) is 0 Å². The van der Waals surface area contributed by atoms with Crippen molar-refractivity contribution in [1.82, 2.24) is 9.88 Å². The van der Waals surface area contributed by atoms with E-state index in [1.54, 1.807) is 19.5 Å². The number of pyridine rings is 1. The van der Waals surface area contributed by atoms with Gasteiger partial charge in [0.15, 0.2) is 0 Å². The smallest absolute Gasteiger partial charge is 0.234 e. The van der Waals surface area contributed by atoms with Crippen LogP contribution in [0.1, 0.15) is 43.2 Å². The van der Waals surface area contributed by atoms with Gasteiger partial charge in [0, 0.05) is 32.6 Å². The van der Waals surface area contributed by atoms with E-state index in [1.807, 2.05) is 23.1 Å². The normalized spacial score (nSPS) is 22.7. The van der Waals surface area contributed by atoms with Gasteiger partial charge in [-0.2, -0.15) is 0 Å². The van der Waals surface area contributed by atoms with E-state index < -0.39 is 0 Å². The summed E-state index contributed by atoms with van der Waals surface area (Å²) in [7, 11) is 1.69. The Morgan fingerprint density at radius 3 is 2.48 bits per heavy atom. The molecule has 1 spiro atoms. The molecule has 4 heteroatoms. The average molecular weight is 364 g/mol. The first-order valence-corrected chi connectivity index (χ1v) is 9.95. The molecule has 27 heavy (non-hydrogen) atoms. The second-order valence-corrected chi connectivity index (χ2v) is 8.01. The van der Waals surface area contributed by atoms with Crippen LogP contribution in [0.4, 0.5) is 0 Å². The Labute approximate surface area is 161 Å².